The molecule has 0 radical (unpaired) electrons. The molecule has 1 heterocycles. The monoisotopic (exact) mass is 443 g/mol. The van der Waals surface area contributed by atoms with Gasteiger partial charge in [0, 0.05) is 29.3 Å². The normalized spacial score (nSPS) is 18.4. The van der Waals surface area contributed by atoms with E-state index >= 15 is 0 Å². The Morgan fingerprint density at radius 1 is 1.13 bits per heavy atom. The highest BCUT2D eigenvalue weighted by atomic mass is 35.5. The first-order chi connectivity index (χ1) is 14.9. The average molecular weight is 444 g/mol. The van der Waals surface area contributed by atoms with Crippen LogP contribution in [0.5, 0.6) is 5.75 Å². The summed E-state index contributed by atoms with van der Waals surface area (Å²) >= 11 is 6.19. The number of halogens is 1. The van der Waals surface area contributed by atoms with Crippen molar-refractivity contribution < 1.29 is 14.3 Å². The van der Waals surface area contributed by atoms with E-state index in [1.165, 1.54) is 0 Å². The number of ether oxygens (including phenoxy) is 1. The van der Waals surface area contributed by atoms with Crippen molar-refractivity contribution >= 4 is 29.1 Å². The van der Waals surface area contributed by atoms with E-state index in [1.807, 2.05) is 29.2 Å². The van der Waals surface area contributed by atoms with Crippen LogP contribution in [0, 0.1) is 0 Å². The number of amides is 2. The van der Waals surface area contributed by atoms with Gasteiger partial charge in [0.05, 0.1) is 19.2 Å². The van der Waals surface area contributed by atoms with Crippen LogP contribution in [-0.2, 0) is 11.3 Å². The minimum Gasteiger partial charge on any atom is -0.497 e. The van der Waals surface area contributed by atoms with E-state index in [0.29, 0.717) is 22.8 Å². The van der Waals surface area contributed by atoms with Gasteiger partial charge in [0.2, 0.25) is 5.91 Å². The second-order valence-corrected chi connectivity index (χ2v) is 8.45. The maximum atomic E-state index is 13.3. The number of hydrogen-bond acceptors (Lipinski definition) is 4. The number of nitrogens with zero attached hydrogens (tertiary/aromatic N) is 1. The van der Waals surface area contributed by atoms with Crippen LogP contribution >= 0.6 is 11.6 Å². The van der Waals surface area contributed by atoms with Crippen molar-refractivity contribution in [3.63, 3.8) is 0 Å². The van der Waals surface area contributed by atoms with Crippen molar-refractivity contribution in [1.29, 1.82) is 0 Å². The number of benzene rings is 2. The number of hydrogen-bond donors (Lipinski definition) is 2. The molecule has 166 valence electrons. The highest BCUT2D eigenvalue weighted by Gasteiger charge is 2.31. The summed E-state index contributed by atoms with van der Waals surface area (Å²) in [4.78, 5) is 27.6. The topological polar surface area (TPSA) is 70.7 Å². The molecule has 3 rings (SSSR count). The maximum absolute atomic E-state index is 13.3. The lowest BCUT2D eigenvalue weighted by Gasteiger charge is -2.39. The Morgan fingerprint density at radius 2 is 1.87 bits per heavy atom. The summed E-state index contributed by atoms with van der Waals surface area (Å²) in [6.45, 7) is 4.61. The molecule has 2 aromatic rings. The number of rotatable bonds is 7. The van der Waals surface area contributed by atoms with Gasteiger partial charge in [-0.2, -0.15) is 0 Å². The Labute approximate surface area is 188 Å². The van der Waals surface area contributed by atoms with E-state index in [1.54, 1.807) is 25.3 Å². The standard InChI is InChI=1S/C24H30ClN3O3/c1-16-6-4-7-17(2)28(16)24(30)21-13-19(25)10-11-22(21)26-15-23(29)27-14-18-8-5-9-20(12-18)31-3/h5,8-13,16-17,26H,4,6-7,14-15H2,1-3H3,(H,27,29)/t16-,17+. The predicted octanol–water partition coefficient (Wildman–Crippen LogP) is 4.48. The first kappa shape index (κ1) is 22.9. The lowest BCUT2D eigenvalue weighted by atomic mass is 9.96. The molecule has 0 bridgehead atoms. The van der Waals surface area contributed by atoms with Crippen LogP contribution < -0.4 is 15.4 Å². The molecule has 1 fully saturated rings. The Hall–Kier alpha value is -2.73. The number of piperidine rings is 1. The van der Waals surface area contributed by atoms with Gasteiger partial charge in [-0.25, -0.2) is 0 Å². The Morgan fingerprint density at radius 3 is 2.58 bits per heavy atom. The van der Waals surface area contributed by atoms with E-state index in [-0.39, 0.29) is 30.4 Å². The van der Waals surface area contributed by atoms with Crippen LogP contribution in [0.2, 0.25) is 5.02 Å². The van der Waals surface area contributed by atoms with E-state index in [2.05, 4.69) is 24.5 Å². The summed E-state index contributed by atoms with van der Waals surface area (Å²) in [6.07, 6.45) is 3.11. The van der Waals surface area contributed by atoms with Crippen molar-refractivity contribution in [2.24, 2.45) is 0 Å². The zero-order valence-corrected chi connectivity index (χ0v) is 19.0. The minimum atomic E-state index is -0.170. The fourth-order valence-corrected chi connectivity index (χ4v) is 4.20. The van der Waals surface area contributed by atoms with Crippen LogP contribution in [0.1, 0.15) is 49.0 Å². The van der Waals surface area contributed by atoms with E-state index in [4.69, 9.17) is 16.3 Å². The van der Waals surface area contributed by atoms with Crippen LogP contribution in [0.15, 0.2) is 42.5 Å². The lowest BCUT2D eigenvalue weighted by Crippen LogP contribution is -2.47. The van der Waals surface area contributed by atoms with Crippen LogP contribution in [-0.4, -0.2) is 42.5 Å². The second-order valence-electron chi connectivity index (χ2n) is 8.01. The largest absolute Gasteiger partial charge is 0.497 e. The van der Waals surface area contributed by atoms with Crippen molar-refractivity contribution in [3.05, 3.63) is 58.6 Å². The van der Waals surface area contributed by atoms with E-state index in [0.717, 1.165) is 30.6 Å². The van der Waals surface area contributed by atoms with Crippen molar-refractivity contribution in [3.8, 4) is 5.75 Å². The van der Waals surface area contributed by atoms with Gasteiger partial charge in [0.15, 0.2) is 0 Å². The molecular formula is C24H30ClN3O3. The first-order valence-electron chi connectivity index (χ1n) is 10.6. The predicted molar refractivity (Wildman–Crippen MR) is 124 cm³/mol. The van der Waals surface area contributed by atoms with Gasteiger partial charge in [0.1, 0.15) is 5.75 Å². The molecule has 7 heteroatoms. The fraction of sp³-hybridized carbons (Fsp3) is 0.417. The lowest BCUT2D eigenvalue weighted by molar-refractivity contribution is -0.119. The highest BCUT2D eigenvalue weighted by molar-refractivity contribution is 6.31. The zero-order valence-electron chi connectivity index (χ0n) is 18.3. The van der Waals surface area contributed by atoms with Crippen molar-refractivity contribution in [1.82, 2.24) is 10.2 Å². The molecule has 0 spiro atoms. The van der Waals surface area contributed by atoms with Crippen LogP contribution in [0.3, 0.4) is 0 Å². The molecule has 2 aromatic carbocycles. The van der Waals surface area contributed by atoms with Gasteiger partial charge in [-0.3, -0.25) is 9.59 Å². The molecular weight excluding hydrogens is 414 g/mol. The average Bonchev–Trinajstić information content (AvgIpc) is 2.76. The highest BCUT2D eigenvalue weighted by Crippen LogP contribution is 2.28. The Kier molecular flexibility index (Phi) is 7.80. The molecule has 2 atom stereocenters. The summed E-state index contributed by atoms with van der Waals surface area (Å²) < 4.78 is 5.21. The second kappa shape index (κ2) is 10.5. The summed E-state index contributed by atoms with van der Waals surface area (Å²) in [5.41, 5.74) is 2.05. The molecule has 1 aliphatic heterocycles. The van der Waals surface area contributed by atoms with E-state index < -0.39 is 0 Å². The molecule has 0 aliphatic carbocycles. The van der Waals surface area contributed by atoms with E-state index in [9.17, 15) is 9.59 Å². The van der Waals surface area contributed by atoms with Crippen LogP contribution in [0.25, 0.3) is 0 Å². The number of carbonyl (C=O) groups excluding carboxylic acids is 2. The summed E-state index contributed by atoms with van der Waals surface area (Å²) in [7, 11) is 1.61. The molecule has 0 aromatic heterocycles. The van der Waals surface area contributed by atoms with Crippen LogP contribution in [0.4, 0.5) is 5.69 Å². The molecule has 2 N–H and O–H groups in total. The minimum absolute atomic E-state index is 0.0526. The molecule has 1 aliphatic rings. The third-order valence-electron chi connectivity index (χ3n) is 5.70. The molecule has 0 saturated carbocycles. The maximum Gasteiger partial charge on any atom is 0.256 e. The summed E-state index contributed by atoms with van der Waals surface area (Å²) in [6, 6.07) is 13.0. The summed E-state index contributed by atoms with van der Waals surface area (Å²) in [5, 5.41) is 6.48. The van der Waals surface area contributed by atoms with Crippen molar-refractivity contribution in [2.45, 2.75) is 51.7 Å². The van der Waals surface area contributed by atoms with Gasteiger partial charge in [0.25, 0.3) is 5.91 Å². The van der Waals surface area contributed by atoms with Gasteiger partial charge < -0.3 is 20.3 Å². The third kappa shape index (κ3) is 5.91. The molecule has 6 nitrogen and oxygen atoms in total. The number of likely N-dealkylation sites (tertiary alicyclic amines) is 1. The van der Waals surface area contributed by atoms with Gasteiger partial charge in [-0.15, -0.1) is 0 Å². The van der Waals surface area contributed by atoms with Crippen molar-refractivity contribution in [2.75, 3.05) is 19.0 Å². The van der Waals surface area contributed by atoms with Gasteiger partial charge in [-0.1, -0.05) is 23.7 Å². The quantitative estimate of drug-likeness (QED) is 0.661. The zero-order chi connectivity index (χ0) is 22.4. The molecule has 1 saturated heterocycles. The SMILES string of the molecule is COc1cccc(CNC(=O)CNc2ccc(Cl)cc2C(=O)N2[C@H](C)CCC[C@@H]2C)c1. The molecule has 0 unspecified atom stereocenters. The number of methoxy groups -OCH3 is 1. The Bertz CT molecular complexity index is 924. The third-order valence-corrected chi connectivity index (χ3v) is 5.94. The van der Waals surface area contributed by atoms with Gasteiger partial charge in [-0.05, 0) is 69.0 Å². The number of carbonyl (C=O) groups is 2. The number of anilines is 1. The number of nitrogens with one attached hydrogen (secondary N) is 2. The molecule has 31 heavy (non-hydrogen) atoms. The smallest absolute Gasteiger partial charge is 0.256 e. The first-order valence-corrected chi connectivity index (χ1v) is 11.0. The Balaban J connectivity index is 1.65. The van der Waals surface area contributed by atoms with Gasteiger partial charge >= 0.3 is 0 Å². The summed E-state index contributed by atoms with van der Waals surface area (Å²) in [5.74, 6) is 0.521. The fourth-order valence-electron chi connectivity index (χ4n) is 4.03. The molecule has 2 amide bonds.